The van der Waals surface area contributed by atoms with Gasteiger partial charge in [-0.25, -0.2) is 17.7 Å². The number of nitrogens with one attached hydrogen (secondary N) is 1. The number of methoxy groups -OCH3 is 1. The van der Waals surface area contributed by atoms with Gasteiger partial charge < -0.3 is 14.5 Å². The minimum Gasteiger partial charge on any atom is -0.495 e. The molecule has 0 saturated heterocycles. The predicted octanol–water partition coefficient (Wildman–Crippen LogP) is 3.16. The van der Waals surface area contributed by atoms with Crippen molar-refractivity contribution in [2.24, 2.45) is 0 Å². The van der Waals surface area contributed by atoms with Crippen LogP contribution in [0, 0.1) is 6.92 Å². The molecular formula is C20H21N3O5S. The van der Waals surface area contributed by atoms with Crippen LogP contribution in [0.4, 0.5) is 5.69 Å². The third-order valence-corrected chi connectivity index (χ3v) is 6.04. The Hall–Kier alpha value is -3.17. The zero-order valence-corrected chi connectivity index (χ0v) is 17.3. The molecule has 0 aliphatic heterocycles. The molecule has 0 atom stereocenters. The molecule has 0 saturated carbocycles. The maximum absolute atomic E-state index is 12.8. The van der Waals surface area contributed by atoms with E-state index in [0.717, 1.165) is 9.87 Å². The summed E-state index contributed by atoms with van der Waals surface area (Å²) in [4.78, 5) is 17.1. The average Bonchev–Trinajstić information content (AvgIpc) is 3.10. The molecule has 0 spiro atoms. The van der Waals surface area contributed by atoms with Crippen molar-refractivity contribution in [2.75, 3.05) is 26.5 Å². The first-order chi connectivity index (χ1) is 13.7. The van der Waals surface area contributed by atoms with E-state index in [9.17, 15) is 13.2 Å². The highest BCUT2D eigenvalue weighted by Gasteiger charge is 2.22. The van der Waals surface area contributed by atoms with Gasteiger partial charge in [-0.1, -0.05) is 18.2 Å². The van der Waals surface area contributed by atoms with Crippen LogP contribution in [0.5, 0.6) is 5.75 Å². The van der Waals surface area contributed by atoms with E-state index in [4.69, 9.17) is 9.15 Å². The van der Waals surface area contributed by atoms with E-state index < -0.39 is 15.9 Å². The van der Waals surface area contributed by atoms with Gasteiger partial charge in [-0.2, -0.15) is 0 Å². The van der Waals surface area contributed by atoms with E-state index in [0.29, 0.717) is 17.4 Å². The van der Waals surface area contributed by atoms with Crippen molar-refractivity contribution in [2.45, 2.75) is 11.8 Å². The Kier molecular flexibility index (Phi) is 5.71. The Morgan fingerprint density at radius 3 is 2.45 bits per heavy atom. The highest BCUT2D eigenvalue weighted by atomic mass is 32.2. The lowest BCUT2D eigenvalue weighted by Crippen LogP contribution is -2.22. The van der Waals surface area contributed by atoms with Crippen LogP contribution in [0.25, 0.3) is 11.5 Å². The molecule has 8 nitrogen and oxygen atoms in total. The lowest BCUT2D eigenvalue weighted by Gasteiger charge is -2.15. The van der Waals surface area contributed by atoms with Gasteiger partial charge in [-0.15, -0.1) is 0 Å². The Morgan fingerprint density at radius 1 is 1.14 bits per heavy atom. The molecule has 0 fully saturated rings. The number of carbonyl (C=O) groups is 1. The zero-order chi connectivity index (χ0) is 21.2. The van der Waals surface area contributed by atoms with Crippen LogP contribution in [-0.4, -0.2) is 44.8 Å². The van der Waals surface area contributed by atoms with Gasteiger partial charge in [0.25, 0.3) is 5.91 Å². The fourth-order valence-corrected chi connectivity index (χ4v) is 3.58. The maximum atomic E-state index is 12.8. The fraction of sp³-hybridized carbons (Fsp3) is 0.200. The second kappa shape index (κ2) is 8.06. The summed E-state index contributed by atoms with van der Waals surface area (Å²) in [7, 11) is 0.622. The molecule has 29 heavy (non-hydrogen) atoms. The molecule has 3 aromatic rings. The summed E-state index contributed by atoms with van der Waals surface area (Å²) in [6.45, 7) is 1.64. The van der Waals surface area contributed by atoms with Gasteiger partial charge in [-0.05, 0) is 37.3 Å². The van der Waals surface area contributed by atoms with Gasteiger partial charge in [0.2, 0.25) is 15.9 Å². The van der Waals surface area contributed by atoms with E-state index in [-0.39, 0.29) is 16.3 Å². The van der Waals surface area contributed by atoms with Gasteiger partial charge in [-0.3, -0.25) is 4.79 Å². The molecule has 0 aliphatic carbocycles. The number of nitrogens with zero attached hydrogens (tertiary/aromatic N) is 2. The number of amides is 1. The second-order valence-corrected chi connectivity index (χ2v) is 8.55. The third-order valence-electron chi connectivity index (χ3n) is 4.23. The first-order valence-corrected chi connectivity index (χ1v) is 10.1. The maximum Gasteiger partial charge on any atom is 0.278 e. The molecule has 0 radical (unpaired) electrons. The van der Waals surface area contributed by atoms with Gasteiger partial charge >= 0.3 is 0 Å². The van der Waals surface area contributed by atoms with Crippen molar-refractivity contribution in [1.82, 2.24) is 9.29 Å². The third kappa shape index (κ3) is 4.15. The zero-order valence-electron chi connectivity index (χ0n) is 16.5. The lowest BCUT2D eigenvalue weighted by atomic mass is 10.2. The summed E-state index contributed by atoms with van der Waals surface area (Å²) in [6, 6.07) is 13.5. The topological polar surface area (TPSA) is 102 Å². The highest BCUT2D eigenvalue weighted by Crippen LogP contribution is 2.29. The van der Waals surface area contributed by atoms with Crippen LogP contribution >= 0.6 is 0 Å². The Morgan fingerprint density at radius 2 is 1.83 bits per heavy atom. The van der Waals surface area contributed by atoms with Crippen LogP contribution < -0.4 is 10.1 Å². The fourth-order valence-electron chi connectivity index (χ4n) is 2.65. The van der Waals surface area contributed by atoms with Gasteiger partial charge in [0.05, 0.1) is 17.7 Å². The number of hydrogen-bond donors (Lipinski definition) is 1. The number of hydrogen-bond acceptors (Lipinski definition) is 6. The number of rotatable bonds is 6. The predicted molar refractivity (Wildman–Crippen MR) is 108 cm³/mol. The van der Waals surface area contributed by atoms with Crippen LogP contribution in [0.15, 0.2) is 57.8 Å². The number of anilines is 1. The summed E-state index contributed by atoms with van der Waals surface area (Å²) in [6.07, 6.45) is 0. The molecule has 2 aromatic carbocycles. The minimum absolute atomic E-state index is 0.0282. The average molecular weight is 415 g/mol. The summed E-state index contributed by atoms with van der Waals surface area (Å²) >= 11 is 0. The molecule has 0 aliphatic rings. The monoisotopic (exact) mass is 415 g/mol. The highest BCUT2D eigenvalue weighted by molar-refractivity contribution is 7.89. The molecular weight excluding hydrogens is 394 g/mol. The van der Waals surface area contributed by atoms with Gasteiger partial charge in [0.15, 0.2) is 5.69 Å². The summed E-state index contributed by atoms with van der Waals surface area (Å²) in [5.41, 5.74) is 1.06. The lowest BCUT2D eigenvalue weighted by molar-refractivity contribution is 0.102. The van der Waals surface area contributed by atoms with E-state index >= 15 is 0 Å². The molecule has 1 aromatic heterocycles. The second-order valence-electron chi connectivity index (χ2n) is 6.39. The summed E-state index contributed by atoms with van der Waals surface area (Å²) in [5.74, 6) is 0.452. The molecule has 1 amide bonds. The van der Waals surface area contributed by atoms with E-state index in [2.05, 4.69) is 10.3 Å². The van der Waals surface area contributed by atoms with E-state index in [1.165, 1.54) is 39.4 Å². The van der Waals surface area contributed by atoms with Crippen molar-refractivity contribution >= 4 is 21.6 Å². The molecule has 3 rings (SSSR count). The SMILES string of the molecule is COc1ccc(S(=O)(=O)N(C)C)cc1NC(=O)c1nc(-c2ccccc2)oc1C. The normalized spacial score (nSPS) is 11.5. The number of oxazole rings is 1. The molecule has 1 heterocycles. The first-order valence-electron chi connectivity index (χ1n) is 8.69. The number of aryl methyl sites for hydroxylation is 1. The molecule has 0 unspecified atom stereocenters. The Bertz CT molecular complexity index is 1140. The van der Waals surface area contributed by atoms with Crippen LogP contribution in [-0.2, 0) is 10.0 Å². The van der Waals surface area contributed by atoms with E-state index in [1.807, 2.05) is 30.3 Å². The number of sulfonamides is 1. The number of carbonyl (C=O) groups excluding carboxylic acids is 1. The molecule has 152 valence electrons. The van der Waals surface area contributed by atoms with Crippen molar-refractivity contribution in [3.05, 3.63) is 60.0 Å². The standard InChI is InChI=1S/C20H21N3O5S/c1-13-18(22-20(28-13)14-8-6-5-7-9-14)19(24)21-16-12-15(10-11-17(16)27-4)29(25,26)23(2)3/h5-12H,1-4H3,(H,21,24). The van der Waals surface area contributed by atoms with Gasteiger partial charge in [0.1, 0.15) is 11.5 Å². The number of benzene rings is 2. The molecule has 1 N–H and O–H groups in total. The summed E-state index contributed by atoms with van der Waals surface area (Å²) < 4.78 is 36.8. The van der Waals surface area contributed by atoms with Crippen molar-refractivity contribution in [1.29, 1.82) is 0 Å². The van der Waals surface area contributed by atoms with Gasteiger partial charge in [0, 0.05) is 19.7 Å². The largest absolute Gasteiger partial charge is 0.495 e. The minimum atomic E-state index is -3.67. The van der Waals surface area contributed by atoms with Crippen LogP contribution in [0.2, 0.25) is 0 Å². The van der Waals surface area contributed by atoms with E-state index in [1.54, 1.807) is 6.92 Å². The molecule has 9 heteroatoms. The smallest absolute Gasteiger partial charge is 0.278 e. The van der Waals surface area contributed by atoms with Crippen molar-refractivity contribution < 1.29 is 22.4 Å². The van der Waals surface area contributed by atoms with Crippen molar-refractivity contribution in [3.8, 4) is 17.2 Å². The van der Waals surface area contributed by atoms with Crippen LogP contribution in [0.3, 0.4) is 0 Å². The quantitative estimate of drug-likeness (QED) is 0.664. The first kappa shape index (κ1) is 20.6. The number of aromatic nitrogens is 1. The summed E-state index contributed by atoms with van der Waals surface area (Å²) in [5, 5.41) is 2.67. The Labute approximate surface area is 169 Å². The van der Waals surface area contributed by atoms with Crippen LogP contribution in [0.1, 0.15) is 16.2 Å². The van der Waals surface area contributed by atoms with Crippen molar-refractivity contribution in [3.63, 3.8) is 0 Å². The Balaban J connectivity index is 1.94. The molecule has 0 bridgehead atoms. The number of ether oxygens (including phenoxy) is 1.